The summed E-state index contributed by atoms with van der Waals surface area (Å²) in [5.41, 5.74) is 2.46. The van der Waals surface area contributed by atoms with Crippen LogP contribution in [0.2, 0.25) is 5.02 Å². The van der Waals surface area contributed by atoms with E-state index in [1.807, 2.05) is 49.4 Å². The number of carbonyl (C=O) groups is 1. The summed E-state index contributed by atoms with van der Waals surface area (Å²) in [6.07, 6.45) is 3.48. The highest BCUT2D eigenvalue weighted by atomic mass is 35.5. The van der Waals surface area contributed by atoms with Gasteiger partial charge in [0.2, 0.25) is 0 Å². The number of carbonyl (C=O) groups excluding carboxylic acids is 1. The van der Waals surface area contributed by atoms with Crippen molar-refractivity contribution in [2.24, 2.45) is 0 Å². The molecule has 1 N–H and O–H groups in total. The van der Waals surface area contributed by atoms with Crippen LogP contribution in [-0.4, -0.2) is 5.91 Å². The van der Waals surface area contributed by atoms with Gasteiger partial charge < -0.3 is 5.32 Å². The Balaban J connectivity index is 2.15. The Morgan fingerprint density at radius 3 is 2.39 bits per heavy atom. The van der Waals surface area contributed by atoms with Crippen molar-refractivity contribution in [1.29, 1.82) is 5.26 Å². The van der Waals surface area contributed by atoms with E-state index < -0.39 is 5.91 Å². The minimum Gasteiger partial charge on any atom is -0.321 e. The Hall–Kier alpha value is -2.83. The second kappa shape index (κ2) is 7.98. The third-order valence-electron chi connectivity index (χ3n) is 3.03. The van der Waals surface area contributed by atoms with Crippen LogP contribution in [0.4, 0.5) is 5.69 Å². The summed E-state index contributed by atoms with van der Waals surface area (Å²) in [6, 6.07) is 18.4. The van der Waals surface area contributed by atoms with Crippen LogP contribution in [0.25, 0.3) is 6.08 Å². The summed E-state index contributed by atoms with van der Waals surface area (Å²) in [5.74, 6) is -0.448. The molecule has 0 bridgehead atoms. The minimum atomic E-state index is -0.448. The van der Waals surface area contributed by atoms with Gasteiger partial charge in [0.25, 0.3) is 5.91 Å². The normalized spacial score (nSPS) is 11.7. The van der Waals surface area contributed by atoms with Gasteiger partial charge in [-0.1, -0.05) is 48.0 Å². The van der Waals surface area contributed by atoms with Crippen molar-refractivity contribution in [3.8, 4) is 6.07 Å². The van der Waals surface area contributed by atoms with E-state index in [4.69, 9.17) is 11.6 Å². The summed E-state index contributed by atoms with van der Waals surface area (Å²) in [5, 5.41) is 12.5. The number of anilines is 1. The fourth-order valence-electron chi connectivity index (χ4n) is 1.96. The largest absolute Gasteiger partial charge is 0.321 e. The number of rotatable bonds is 4. The molecule has 0 fully saturated rings. The van der Waals surface area contributed by atoms with E-state index in [9.17, 15) is 10.1 Å². The van der Waals surface area contributed by atoms with Gasteiger partial charge in [0.1, 0.15) is 11.6 Å². The van der Waals surface area contributed by atoms with Crippen molar-refractivity contribution in [3.05, 3.63) is 82.4 Å². The number of halogens is 1. The molecule has 0 radical (unpaired) electrons. The van der Waals surface area contributed by atoms with Gasteiger partial charge >= 0.3 is 0 Å². The van der Waals surface area contributed by atoms with E-state index in [-0.39, 0.29) is 5.57 Å². The van der Waals surface area contributed by atoms with Crippen LogP contribution < -0.4 is 5.32 Å². The molecule has 0 saturated heterocycles. The van der Waals surface area contributed by atoms with E-state index in [0.29, 0.717) is 10.7 Å². The Bertz CT molecular complexity index is 784. The van der Waals surface area contributed by atoms with E-state index in [1.54, 1.807) is 30.3 Å². The maximum atomic E-state index is 12.2. The van der Waals surface area contributed by atoms with Crippen LogP contribution in [0, 0.1) is 11.3 Å². The quantitative estimate of drug-likeness (QED) is 0.498. The first-order valence-electron chi connectivity index (χ1n) is 7.00. The zero-order valence-electron chi connectivity index (χ0n) is 12.6. The zero-order valence-corrected chi connectivity index (χ0v) is 13.3. The van der Waals surface area contributed by atoms with Gasteiger partial charge in [0.15, 0.2) is 0 Å². The molecule has 0 spiro atoms. The Kier molecular flexibility index (Phi) is 5.74. The van der Waals surface area contributed by atoms with Crippen LogP contribution >= 0.6 is 11.6 Å². The van der Waals surface area contributed by atoms with E-state index >= 15 is 0 Å². The lowest BCUT2D eigenvalue weighted by atomic mass is 10.1. The number of nitrogens with one attached hydrogen (secondary N) is 1. The van der Waals surface area contributed by atoms with Crippen LogP contribution in [0.1, 0.15) is 12.5 Å². The van der Waals surface area contributed by atoms with Crippen LogP contribution in [0.15, 0.2) is 71.8 Å². The number of amides is 1. The zero-order chi connectivity index (χ0) is 16.7. The topological polar surface area (TPSA) is 52.9 Å². The minimum absolute atomic E-state index is 0.0460. The summed E-state index contributed by atoms with van der Waals surface area (Å²) in [7, 11) is 0. The lowest BCUT2D eigenvalue weighted by molar-refractivity contribution is -0.112. The van der Waals surface area contributed by atoms with Crippen LogP contribution in [0.3, 0.4) is 0 Å². The molecule has 3 nitrogen and oxygen atoms in total. The summed E-state index contributed by atoms with van der Waals surface area (Å²) >= 11 is 5.80. The maximum absolute atomic E-state index is 12.2. The van der Waals surface area contributed by atoms with Crippen molar-refractivity contribution in [1.82, 2.24) is 0 Å². The Morgan fingerprint density at radius 1 is 1.13 bits per heavy atom. The molecule has 114 valence electrons. The second-order valence-corrected chi connectivity index (χ2v) is 5.37. The van der Waals surface area contributed by atoms with Gasteiger partial charge in [-0.05, 0) is 48.4 Å². The van der Waals surface area contributed by atoms with Gasteiger partial charge in [0, 0.05) is 10.7 Å². The van der Waals surface area contributed by atoms with Crippen molar-refractivity contribution in [3.63, 3.8) is 0 Å². The third-order valence-corrected chi connectivity index (χ3v) is 3.29. The molecule has 0 unspecified atom stereocenters. The molecule has 0 aliphatic carbocycles. The molecule has 0 aliphatic rings. The first-order valence-corrected chi connectivity index (χ1v) is 7.38. The highest BCUT2D eigenvalue weighted by Gasteiger charge is 2.09. The molecule has 4 heteroatoms. The summed E-state index contributed by atoms with van der Waals surface area (Å²) in [4.78, 5) is 12.2. The molecule has 0 saturated carbocycles. The fraction of sp³-hybridized carbons (Fsp3) is 0.0526. The second-order valence-electron chi connectivity index (χ2n) is 4.93. The predicted octanol–water partition coefficient (Wildman–Crippen LogP) is 4.83. The van der Waals surface area contributed by atoms with Gasteiger partial charge in [-0.25, -0.2) is 0 Å². The number of hydrogen-bond donors (Lipinski definition) is 1. The molecule has 0 atom stereocenters. The van der Waals surface area contributed by atoms with Gasteiger partial charge in [-0.3, -0.25) is 4.79 Å². The third kappa shape index (κ3) is 5.14. The van der Waals surface area contributed by atoms with Gasteiger partial charge in [0.05, 0.1) is 0 Å². The molecule has 1 amide bonds. The van der Waals surface area contributed by atoms with Crippen LogP contribution in [0.5, 0.6) is 0 Å². The molecule has 2 aromatic rings. The fourth-order valence-corrected chi connectivity index (χ4v) is 2.09. The number of allylic oxidation sites excluding steroid dienone is 2. The molecule has 0 aliphatic heterocycles. The molecule has 23 heavy (non-hydrogen) atoms. The Labute approximate surface area is 140 Å². The van der Waals surface area contributed by atoms with Crippen molar-refractivity contribution in [2.45, 2.75) is 6.92 Å². The standard InChI is InChI=1S/C19H15ClN2O/c1-14(11-15-5-3-2-4-6-15)12-16(13-21)19(23)22-18-9-7-17(20)8-10-18/h2-12H,1H3,(H,22,23)/b14-11+,16-12+. The maximum Gasteiger partial charge on any atom is 0.266 e. The molecular weight excluding hydrogens is 308 g/mol. The number of nitrogens with zero attached hydrogens (tertiary/aromatic N) is 1. The summed E-state index contributed by atoms with van der Waals surface area (Å²) < 4.78 is 0. The first-order chi connectivity index (χ1) is 11.1. The van der Waals surface area contributed by atoms with Crippen LogP contribution in [-0.2, 0) is 4.79 Å². The number of benzene rings is 2. The molecule has 2 aromatic carbocycles. The van der Waals surface area contributed by atoms with Crippen molar-refractivity contribution < 1.29 is 4.79 Å². The van der Waals surface area contributed by atoms with E-state index in [0.717, 1.165) is 11.1 Å². The first kappa shape index (κ1) is 16.5. The Morgan fingerprint density at radius 2 is 1.78 bits per heavy atom. The summed E-state index contributed by atoms with van der Waals surface area (Å²) in [6.45, 7) is 1.85. The highest BCUT2D eigenvalue weighted by Crippen LogP contribution is 2.15. The number of nitriles is 1. The monoisotopic (exact) mass is 322 g/mol. The molecule has 0 heterocycles. The van der Waals surface area contributed by atoms with Crippen molar-refractivity contribution >= 4 is 29.3 Å². The van der Waals surface area contributed by atoms with Gasteiger partial charge in [-0.15, -0.1) is 0 Å². The van der Waals surface area contributed by atoms with Gasteiger partial charge in [-0.2, -0.15) is 5.26 Å². The lowest BCUT2D eigenvalue weighted by Gasteiger charge is -2.04. The SMILES string of the molecule is CC(=C\c1ccccc1)/C=C(\C#N)C(=O)Nc1ccc(Cl)cc1. The smallest absolute Gasteiger partial charge is 0.266 e. The molecule has 2 rings (SSSR count). The predicted molar refractivity (Wildman–Crippen MR) is 93.9 cm³/mol. The van der Waals surface area contributed by atoms with Crippen molar-refractivity contribution in [2.75, 3.05) is 5.32 Å². The molecular formula is C19H15ClN2O. The number of hydrogen-bond acceptors (Lipinski definition) is 2. The highest BCUT2D eigenvalue weighted by molar-refractivity contribution is 6.30. The lowest BCUT2D eigenvalue weighted by Crippen LogP contribution is -2.13. The average Bonchev–Trinajstić information content (AvgIpc) is 2.55. The average molecular weight is 323 g/mol. The molecule has 0 aromatic heterocycles. The van der Waals surface area contributed by atoms with E-state index in [1.165, 1.54) is 0 Å². The van der Waals surface area contributed by atoms with E-state index in [2.05, 4.69) is 5.32 Å².